The van der Waals surface area contributed by atoms with E-state index in [0.29, 0.717) is 0 Å². The van der Waals surface area contributed by atoms with Gasteiger partial charge in [-0.3, -0.25) is 4.79 Å². The van der Waals surface area contributed by atoms with E-state index in [1.165, 1.54) is 0 Å². The Morgan fingerprint density at radius 1 is 0.800 bits per heavy atom. The van der Waals surface area contributed by atoms with Crippen LogP contribution < -0.4 is 0 Å². The first kappa shape index (κ1) is 19.5. The first-order chi connectivity index (χ1) is 8.60. The summed E-state index contributed by atoms with van der Waals surface area (Å²) in [5.41, 5.74) is -0.536. The van der Waals surface area contributed by atoms with Crippen molar-refractivity contribution in [2.75, 3.05) is 0 Å². The van der Waals surface area contributed by atoms with Crippen LogP contribution in [0.15, 0.2) is 0 Å². The van der Waals surface area contributed by atoms with Gasteiger partial charge in [-0.2, -0.15) is 0 Å². The van der Waals surface area contributed by atoms with Crippen molar-refractivity contribution in [3.05, 3.63) is 0 Å². The van der Waals surface area contributed by atoms with Crippen LogP contribution in [0, 0.1) is 16.2 Å². The van der Waals surface area contributed by atoms with Crippen molar-refractivity contribution < 1.29 is 9.53 Å². The lowest BCUT2D eigenvalue weighted by Crippen LogP contribution is -2.40. The SMILES string of the molecule is CCC(C)(CC(C)(C)C)C(=O)OC(C)(C)CC(C)(C)C. The van der Waals surface area contributed by atoms with E-state index in [4.69, 9.17) is 4.74 Å². The van der Waals surface area contributed by atoms with Gasteiger partial charge in [-0.15, -0.1) is 0 Å². The first-order valence-corrected chi connectivity index (χ1v) is 7.84. The van der Waals surface area contributed by atoms with Crippen LogP contribution in [0.25, 0.3) is 0 Å². The van der Waals surface area contributed by atoms with Gasteiger partial charge in [-0.25, -0.2) is 0 Å². The van der Waals surface area contributed by atoms with Crippen molar-refractivity contribution in [2.24, 2.45) is 16.2 Å². The predicted octanol–water partition coefficient (Wildman–Crippen LogP) is 5.60. The zero-order valence-corrected chi connectivity index (χ0v) is 15.4. The van der Waals surface area contributed by atoms with E-state index in [2.05, 4.69) is 48.5 Å². The van der Waals surface area contributed by atoms with Gasteiger partial charge in [0.15, 0.2) is 0 Å². The minimum Gasteiger partial charge on any atom is -0.459 e. The summed E-state index contributed by atoms with van der Waals surface area (Å²) >= 11 is 0. The molecule has 0 aromatic heterocycles. The lowest BCUT2D eigenvalue weighted by atomic mass is 9.73. The maximum absolute atomic E-state index is 12.7. The van der Waals surface area contributed by atoms with E-state index in [1.54, 1.807) is 0 Å². The summed E-state index contributed by atoms with van der Waals surface area (Å²) in [5.74, 6) is -0.0517. The molecule has 0 aromatic carbocycles. The molecule has 2 nitrogen and oxygen atoms in total. The van der Waals surface area contributed by atoms with Gasteiger partial charge in [-0.1, -0.05) is 48.5 Å². The molecule has 120 valence electrons. The molecular formula is C18H36O2. The van der Waals surface area contributed by atoms with Crippen molar-refractivity contribution in [1.29, 1.82) is 0 Å². The Kier molecular flexibility index (Phi) is 5.91. The van der Waals surface area contributed by atoms with Crippen LogP contribution in [0.2, 0.25) is 0 Å². The lowest BCUT2D eigenvalue weighted by molar-refractivity contribution is -0.172. The fourth-order valence-electron chi connectivity index (χ4n) is 3.20. The largest absolute Gasteiger partial charge is 0.459 e. The fourth-order valence-corrected chi connectivity index (χ4v) is 3.20. The van der Waals surface area contributed by atoms with E-state index in [0.717, 1.165) is 19.3 Å². The first-order valence-electron chi connectivity index (χ1n) is 7.84. The van der Waals surface area contributed by atoms with Gasteiger partial charge in [0.05, 0.1) is 5.41 Å². The molecule has 0 heterocycles. The Labute approximate surface area is 126 Å². The molecule has 20 heavy (non-hydrogen) atoms. The molecule has 0 radical (unpaired) electrons. The molecule has 0 N–H and O–H groups in total. The Bertz CT molecular complexity index is 328. The number of esters is 1. The normalized spacial score (nSPS) is 16.7. The van der Waals surface area contributed by atoms with Gasteiger partial charge in [0.2, 0.25) is 0 Å². The van der Waals surface area contributed by atoms with Crippen molar-refractivity contribution in [1.82, 2.24) is 0 Å². The third-order valence-electron chi connectivity index (χ3n) is 3.52. The maximum Gasteiger partial charge on any atom is 0.312 e. The summed E-state index contributed by atoms with van der Waals surface area (Å²) in [6.45, 7) is 21.2. The van der Waals surface area contributed by atoms with Gasteiger partial charge in [0.1, 0.15) is 5.60 Å². The van der Waals surface area contributed by atoms with Crippen LogP contribution >= 0.6 is 0 Å². The summed E-state index contributed by atoms with van der Waals surface area (Å²) in [6.07, 6.45) is 2.52. The van der Waals surface area contributed by atoms with E-state index in [1.807, 2.05) is 20.8 Å². The number of carbonyl (C=O) groups is 1. The van der Waals surface area contributed by atoms with Crippen molar-refractivity contribution >= 4 is 5.97 Å². The van der Waals surface area contributed by atoms with Crippen LogP contribution in [0.1, 0.15) is 88.5 Å². The monoisotopic (exact) mass is 284 g/mol. The van der Waals surface area contributed by atoms with Gasteiger partial charge >= 0.3 is 5.97 Å². The summed E-state index contributed by atoms with van der Waals surface area (Å²) in [4.78, 5) is 12.7. The van der Waals surface area contributed by atoms with Gasteiger partial charge in [-0.05, 0) is 50.9 Å². The molecule has 2 heteroatoms. The molecule has 0 aromatic rings. The average Bonchev–Trinajstić information content (AvgIpc) is 2.09. The molecule has 0 aliphatic carbocycles. The van der Waals surface area contributed by atoms with Gasteiger partial charge in [0, 0.05) is 0 Å². The van der Waals surface area contributed by atoms with Crippen LogP contribution in [0.4, 0.5) is 0 Å². The molecule has 0 aliphatic heterocycles. The highest BCUT2D eigenvalue weighted by molar-refractivity contribution is 5.76. The molecule has 0 bridgehead atoms. The molecule has 0 fully saturated rings. The van der Waals surface area contributed by atoms with Gasteiger partial charge in [0.25, 0.3) is 0 Å². The lowest BCUT2D eigenvalue weighted by Gasteiger charge is -2.38. The smallest absolute Gasteiger partial charge is 0.312 e. The highest BCUT2D eigenvalue weighted by atomic mass is 16.6. The zero-order valence-electron chi connectivity index (χ0n) is 15.4. The number of rotatable bonds is 5. The fraction of sp³-hybridized carbons (Fsp3) is 0.944. The second-order valence-corrected chi connectivity index (χ2v) is 9.54. The van der Waals surface area contributed by atoms with Crippen LogP contribution in [-0.2, 0) is 9.53 Å². The van der Waals surface area contributed by atoms with E-state index in [-0.39, 0.29) is 16.8 Å². The molecular weight excluding hydrogens is 248 g/mol. The maximum atomic E-state index is 12.7. The molecule has 0 spiro atoms. The summed E-state index contributed by atoms with van der Waals surface area (Å²) in [6, 6.07) is 0. The van der Waals surface area contributed by atoms with Crippen molar-refractivity contribution in [2.45, 2.75) is 94.1 Å². The Morgan fingerprint density at radius 2 is 1.20 bits per heavy atom. The van der Waals surface area contributed by atoms with Crippen molar-refractivity contribution in [3.63, 3.8) is 0 Å². The third-order valence-corrected chi connectivity index (χ3v) is 3.52. The van der Waals surface area contributed by atoms with E-state index in [9.17, 15) is 4.79 Å². The minimum absolute atomic E-state index is 0.0517. The highest BCUT2D eigenvalue weighted by Crippen LogP contribution is 2.39. The quantitative estimate of drug-likeness (QED) is 0.614. The van der Waals surface area contributed by atoms with Crippen LogP contribution in [0.3, 0.4) is 0 Å². The molecule has 0 rings (SSSR count). The number of hydrogen-bond donors (Lipinski definition) is 0. The second kappa shape index (κ2) is 6.07. The van der Waals surface area contributed by atoms with E-state index < -0.39 is 11.0 Å². The molecule has 0 saturated carbocycles. The molecule has 0 saturated heterocycles. The van der Waals surface area contributed by atoms with Crippen molar-refractivity contribution in [3.8, 4) is 0 Å². The van der Waals surface area contributed by atoms with Crippen LogP contribution in [0.5, 0.6) is 0 Å². The average molecular weight is 284 g/mol. The minimum atomic E-state index is -0.413. The van der Waals surface area contributed by atoms with E-state index >= 15 is 0 Å². The Morgan fingerprint density at radius 3 is 1.50 bits per heavy atom. The summed E-state index contributed by atoms with van der Waals surface area (Å²) in [7, 11) is 0. The number of hydrogen-bond acceptors (Lipinski definition) is 2. The number of ether oxygens (including phenoxy) is 1. The summed E-state index contributed by atoms with van der Waals surface area (Å²) in [5, 5.41) is 0. The molecule has 1 unspecified atom stereocenters. The number of carbonyl (C=O) groups excluding carboxylic acids is 1. The standard InChI is InChI=1S/C18H36O2/c1-11-18(10,13-16(5,6)7)14(19)20-17(8,9)12-15(2,3)4/h11-13H2,1-10H3. The molecule has 0 aliphatic rings. The highest BCUT2D eigenvalue weighted by Gasteiger charge is 2.40. The molecule has 0 amide bonds. The third kappa shape index (κ3) is 7.31. The Balaban J connectivity index is 4.96. The Hall–Kier alpha value is -0.530. The topological polar surface area (TPSA) is 26.3 Å². The predicted molar refractivity (Wildman–Crippen MR) is 86.7 cm³/mol. The summed E-state index contributed by atoms with van der Waals surface area (Å²) < 4.78 is 5.88. The van der Waals surface area contributed by atoms with Crippen LogP contribution in [-0.4, -0.2) is 11.6 Å². The zero-order chi connectivity index (χ0) is 16.4. The second-order valence-electron chi connectivity index (χ2n) is 9.54. The van der Waals surface area contributed by atoms with Gasteiger partial charge < -0.3 is 4.74 Å². The molecule has 1 atom stereocenters.